The van der Waals surface area contributed by atoms with Gasteiger partial charge in [-0.15, -0.1) is 11.8 Å². The highest BCUT2D eigenvalue weighted by Crippen LogP contribution is 2.27. The van der Waals surface area contributed by atoms with Crippen molar-refractivity contribution in [3.05, 3.63) is 29.3 Å². The summed E-state index contributed by atoms with van der Waals surface area (Å²) in [6.45, 7) is 3.40. The van der Waals surface area contributed by atoms with Crippen molar-refractivity contribution in [1.29, 1.82) is 0 Å². The quantitative estimate of drug-likeness (QED) is 0.748. The van der Waals surface area contributed by atoms with E-state index in [1.54, 1.807) is 38.1 Å². The fourth-order valence-corrected chi connectivity index (χ4v) is 2.45. The van der Waals surface area contributed by atoms with E-state index < -0.39 is 16.8 Å². The van der Waals surface area contributed by atoms with Gasteiger partial charge in [0.2, 0.25) is 5.91 Å². The van der Waals surface area contributed by atoms with Crippen LogP contribution in [0.15, 0.2) is 24.3 Å². The van der Waals surface area contributed by atoms with Gasteiger partial charge in [0, 0.05) is 15.5 Å². The van der Waals surface area contributed by atoms with E-state index in [0.29, 0.717) is 10.7 Å². The molecule has 0 heterocycles. The molecule has 1 aromatic carbocycles. The Kier molecular flexibility index (Phi) is 5.86. The van der Waals surface area contributed by atoms with Crippen molar-refractivity contribution in [3.63, 3.8) is 0 Å². The molecule has 20 heavy (non-hydrogen) atoms. The van der Waals surface area contributed by atoms with Gasteiger partial charge in [0.15, 0.2) is 0 Å². The van der Waals surface area contributed by atoms with Crippen molar-refractivity contribution < 1.29 is 14.7 Å². The lowest BCUT2D eigenvalue weighted by Crippen LogP contribution is -2.47. The van der Waals surface area contributed by atoms with E-state index >= 15 is 0 Å². The predicted octanol–water partition coefficient (Wildman–Crippen LogP) is 2.20. The van der Waals surface area contributed by atoms with Gasteiger partial charge in [-0.2, -0.15) is 0 Å². The van der Waals surface area contributed by atoms with Crippen LogP contribution in [0, 0.1) is 0 Å². The van der Waals surface area contributed by atoms with Crippen molar-refractivity contribution in [2.24, 2.45) is 5.73 Å². The number of aliphatic carboxylic acids is 1. The molecule has 110 valence electrons. The van der Waals surface area contributed by atoms with Crippen LogP contribution in [0.3, 0.4) is 0 Å². The van der Waals surface area contributed by atoms with Crippen LogP contribution in [0.25, 0.3) is 0 Å². The fraction of sp³-hybridized carbons (Fsp3) is 0.385. The Labute approximate surface area is 126 Å². The number of amides is 1. The minimum absolute atomic E-state index is 0.112. The van der Waals surface area contributed by atoms with Gasteiger partial charge >= 0.3 is 5.97 Å². The normalized spacial score (nSPS) is 12.8. The number of nitrogens with two attached hydrogens (primary N) is 1. The number of carbonyl (C=O) groups is 2. The van der Waals surface area contributed by atoms with Crippen LogP contribution in [0.1, 0.15) is 13.8 Å². The van der Waals surface area contributed by atoms with Crippen LogP contribution < -0.4 is 11.1 Å². The summed E-state index contributed by atoms with van der Waals surface area (Å²) in [5, 5.41) is 12.1. The number of carboxylic acids is 1. The average Bonchev–Trinajstić information content (AvgIpc) is 2.35. The molecule has 1 aromatic rings. The first kappa shape index (κ1) is 16.8. The van der Waals surface area contributed by atoms with E-state index in [0.717, 1.165) is 0 Å². The lowest BCUT2D eigenvalue weighted by atomic mass is 10.1. The zero-order chi connectivity index (χ0) is 15.3. The number of nitrogens with one attached hydrogen (secondary N) is 1. The molecule has 0 aromatic heterocycles. The standard InChI is InChI=1S/C13H17ClN2O3S/c1-13(2,11(15)12(18)19)20-7-10(17)16-9-5-3-4-8(14)6-9/h3-6,11H,7,15H2,1-2H3,(H,16,17)(H,18,19)/t11-/m0/s1. The summed E-state index contributed by atoms with van der Waals surface area (Å²) in [4.78, 5) is 22.7. The molecule has 0 fully saturated rings. The molecule has 7 heteroatoms. The molecule has 1 atom stereocenters. The van der Waals surface area contributed by atoms with E-state index in [4.69, 9.17) is 22.4 Å². The first-order valence-corrected chi connectivity index (χ1v) is 7.26. The molecule has 1 rings (SSSR count). The Morgan fingerprint density at radius 2 is 2.15 bits per heavy atom. The van der Waals surface area contributed by atoms with E-state index in [1.807, 2.05) is 0 Å². The molecule has 4 N–H and O–H groups in total. The minimum atomic E-state index is -1.09. The number of hydrogen-bond donors (Lipinski definition) is 3. The number of carboxylic acid groups (broad SMARTS) is 1. The molecule has 0 aliphatic rings. The molecule has 1 amide bonds. The third kappa shape index (κ3) is 5.03. The van der Waals surface area contributed by atoms with Crippen molar-refractivity contribution in [2.75, 3.05) is 11.1 Å². The molecule has 0 bridgehead atoms. The van der Waals surface area contributed by atoms with Crippen molar-refractivity contribution >= 4 is 40.9 Å². The minimum Gasteiger partial charge on any atom is -0.480 e. The van der Waals surface area contributed by atoms with E-state index in [9.17, 15) is 9.59 Å². The summed E-state index contributed by atoms with van der Waals surface area (Å²) in [6.07, 6.45) is 0. The van der Waals surface area contributed by atoms with E-state index in [-0.39, 0.29) is 11.7 Å². The monoisotopic (exact) mass is 316 g/mol. The molecule has 0 aliphatic carbocycles. The Hall–Kier alpha value is -1.24. The predicted molar refractivity (Wildman–Crippen MR) is 82.2 cm³/mol. The summed E-state index contributed by atoms with van der Waals surface area (Å²) in [7, 11) is 0. The summed E-state index contributed by atoms with van der Waals surface area (Å²) in [6, 6.07) is 5.77. The topological polar surface area (TPSA) is 92.4 Å². The number of carbonyl (C=O) groups excluding carboxylic acids is 1. The Morgan fingerprint density at radius 1 is 1.50 bits per heavy atom. The van der Waals surface area contributed by atoms with Gasteiger partial charge < -0.3 is 16.2 Å². The molecule has 0 saturated carbocycles. The molecule has 5 nitrogen and oxygen atoms in total. The molecule has 0 unspecified atom stereocenters. The Balaban J connectivity index is 2.53. The van der Waals surface area contributed by atoms with Crippen LogP contribution >= 0.6 is 23.4 Å². The highest BCUT2D eigenvalue weighted by Gasteiger charge is 2.33. The highest BCUT2D eigenvalue weighted by molar-refractivity contribution is 8.01. The second-order valence-corrected chi connectivity index (χ2v) is 6.83. The van der Waals surface area contributed by atoms with Gasteiger partial charge in [-0.3, -0.25) is 9.59 Å². The highest BCUT2D eigenvalue weighted by atomic mass is 35.5. The van der Waals surface area contributed by atoms with E-state index in [2.05, 4.69) is 5.32 Å². The number of thioether (sulfide) groups is 1. The number of hydrogen-bond acceptors (Lipinski definition) is 4. The maximum Gasteiger partial charge on any atom is 0.321 e. The zero-order valence-electron chi connectivity index (χ0n) is 11.2. The van der Waals surface area contributed by atoms with Gasteiger partial charge in [0.05, 0.1) is 5.75 Å². The van der Waals surface area contributed by atoms with Gasteiger partial charge in [0.1, 0.15) is 6.04 Å². The van der Waals surface area contributed by atoms with Crippen LogP contribution in [-0.2, 0) is 9.59 Å². The summed E-state index contributed by atoms with van der Waals surface area (Å²) >= 11 is 7.01. The maximum absolute atomic E-state index is 11.8. The van der Waals surface area contributed by atoms with Gasteiger partial charge in [-0.1, -0.05) is 17.7 Å². The Morgan fingerprint density at radius 3 is 2.70 bits per heavy atom. The average molecular weight is 317 g/mol. The third-order valence-corrected chi connectivity index (χ3v) is 4.34. The van der Waals surface area contributed by atoms with Crippen LogP contribution in [0.5, 0.6) is 0 Å². The second kappa shape index (κ2) is 6.97. The maximum atomic E-state index is 11.8. The first-order valence-electron chi connectivity index (χ1n) is 5.90. The van der Waals surface area contributed by atoms with Crippen LogP contribution in [0.4, 0.5) is 5.69 Å². The number of benzene rings is 1. The first-order chi connectivity index (χ1) is 9.22. The lowest BCUT2D eigenvalue weighted by molar-refractivity contribution is -0.139. The van der Waals surface area contributed by atoms with Crippen molar-refractivity contribution in [3.8, 4) is 0 Å². The number of rotatable bonds is 6. The largest absolute Gasteiger partial charge is 0.480 e. The van der Waals surface area contributed by atoms with Gasteiger partial charge in [-0.05, 0) is 32.0 Å². The summed E-state index contributed by atoms with van der Waals surface area (Å²) in [5.41, 5.74) is 6.18. The second-order valence-electron chi connectivity index (χ2n) is 4.77. The summed E-state index contributed by atoms with van der Waals surface area (Å²) < 4.78 is -0.739. The lowest BCUT2D eigenvalue weighted by Gasteiger charge is -2.27. The van der Waals surface area contributed by atoms with Gasteiger partial charge in [0.25, 0.3) is 0 Å². The third-order valence-electron chi connectivity index (χ3n) is 2.70. The molecule has 0 radical (unpaired) electrons. The van der Waals surface area contributed by atoms with Crippen LogP contribution in [-0.4, -0.2) is 33.5 Å². The Bertz CT molecular complexity index is 508. The molecule has 0 spiro atoms. The number of halogens is 1. The molecule has 0 aliphatic heterocycles. The summed E-state index contributed by atoms with van der Waals surface area (Å²) in [5.74, 6) is -1.21. The van der Waals surface area contributed by atoms with Crippen molar-refractivity contribution in [1.82, 2.24) is 0 Å². The van der Waals surface area contributed by atoms with E-state index in [1.165, 1.54) is 11.8 Å². The van der Waals surface area contributed by atoms with Gasteiger partial charge in [-0.25, -0.2) is 0 Å². The van der Waals surface area contributed by atoms with Crippen LogP contribution in [0.2, 0.25) is 5.02 Å². The smallest absolute Gasteiger partial charge is 0.321 e. The van der Waals surface area contributed by atoms with Crippen molar-refractivity contribution in [2.45, 2.75) is 24.6 Å². The molecular formula is C13H17ClN2O3S. The molecular weight excluding hydrogens is 300 g/mol. The zero-order valence-corrected chi connectivity index (χ0v) is 12.8. The fourth-order valence-electron chi connectivity index (χ4n) is 1.40. The SMILES string of the molecule is CC(C)(SCC(=O)Nc1cccc(Cl)c1)[C@@H](N)C(=O)O. The number of anilines is 1. The molecule has 0 saturated heterocycles.